The van der Waals surface area contributed by atoms with Crippen LogP contribution in [0.1, 0.15) is 27.7 Å². The molecule has 9 nitrogen and oxygen atoms in total. The van der Waals surface area contributed by atoms with Gasteiger partial charge in [-0.05, 0) is 27.7 Å². The quantitative estimate of drug-likeness (QED) is 0.758. The number of hydrogen-bond acceptors (Lipinski definition) is 8. The van der Waals surface area contributed by atoms with Crippen molar-refractivity contribution in [3.8, 4) is 11.9 Å². The second-order valence-corrected chi connectivity index (χ2v) is 5.53. The van der Waals surface area contributed by atoms with Crippen molar-refractivity contribution in [2.45, 2.75) is 33.2 Å². The predicted molar refractivity (Wildman–Crippen MR) is 82.3 cm³/mol. The molecule has 0 aromatic carbocycles. The lowest BCUT2D eigenvalue weighted by Crippen LogP contribution is -2.27. The zero-order valence-electron chi connectivity index (χ0n) is 13.0. The number of H-pyrrole nitrogens is 1. The molecule has 0 atom stereocenters. The Bertz CT molecular complexity index is 673. The summed E-state index contributed by atoms with van der Waals surface area (Å²) in [6.45, 7) is 8.58. The first-order valence-corrected chi connectivity index (χ1v) is 6.87. The maximum absolute atomic E-state index is 11.0. The number of hydrogen-bond donors (Lipinski definition) is 3. The van der Waals surface area contributed by atoms with Crippen LogP contribution >= 0.6 is 0 Å². The van der Waals surface area contributed by atoms with Gasteiger partial charge in [0, 0.05) is 24.2 Å². The SMILES string of the molecule is CCNc1nc(NC(C)(C)C)nc(Oc2ccc(=O)[nH]n2)n1. The van der Waals surface area contributed by atoms with Crippen molar-refractivity contribution >= 4 is 11.9 Å². The molecule has 2 rings (SSSR count). The molecule has 0 amide bonds. The van der Waals surface area contributed by atoms with Crippen LogP contribution in [0, 0.1) is 0 Å². The van der Waals surface area contributed by atoms with Gasteiger partial charge in [-0.25, -0.2) is 5.10 Å². The normalized spacial score (nSPS) is 11.1. The Balaban J connectivity index is 2.28. The summed E-state index contributed by atoms with van der Waals surface area (Å²) in [5, 5.41) is 12.2. The van der Waals surface area contributed by atoms with Gasteiger partial charge in [0.2, 0.25) is 17.8 Å². The first kappa shape index (κ1) is 15.7. The molecule has 0 aliphatic rings. The monoisotopic (exact) mass is 305 g/mol. The highest BCUT2D eigenvalue weighted by Gasteiger charge is 2.15. The standard InChI is InChI=1S/C13H19N7O2/c1-5-14-10-15-11(18-13(2,3)4)17-12(16-10)22-9-7-6-8(21)19-20-9/h6-7H,5H2,1-4H3,(H,19,21)(H2,14,15,16,17,18). The van der Waals surface area contributed by atoms with Gasteiger partial charge < -0.3 is 15.4 Å². The van der Waals surface area contributed by atoms with Gasteiger partial charge in [-0.2, -0.15) is 15.0 Å². The summed E-state index contributed by atoms with van der Waals surface area (Å²) in [5.41, 5.74) is -0.523. The minimum Gasteiger partial charge on any atom is -0.403 e. The molecule has 0 saturated heterocycles. The number of rotatable bonds is 5. The number of aromatic amines is 1. The Hall–Kier alpha value is -2.71. The molecule has 118 valence electrons. The minimum atomic E-state index is -0.313. The first-order valence-electron chi connectivity index (χ1n) is 6.87. The van der Waals surface area contributed by atoms with Gasteiger partial charge in [0.15, 0.2) is 0 Å². The van der Waals surface area contributed by atoms with Crippen molar-refractivity contribution in [3.05, 3.63) is 22.5 Å². The van der Waals surface area contributed by atoms with Crippen LogP contribution < -0.4 is 20.9 Å². The van der Waals surface area contributed by atoms with Crippen LogP contribution in [0.4, 0.5) is 11.9 Å². The highest BCUT2D eigenvalue weighted by atomic mass is 16.5. The Morgan fingerprint density at radius 3 is 2.50 bits per heavy atom. The molecular formula is C13H19N7O2. The molecule has 0 spiro atoms. The van der Waals surface area contributed by atoms with Crippen molar-refractivity contribution in [1.82, 2.24) is 25.1 Å². The fourth-order valence-corrected chi connectivity index (χ4v) is 1.51. The van der Waals surface area contributed by atoms with E-state index in [1.165, 1.54) is 12.1 Å². The van der Waals surface area contributed by atoms with Crippen molar-refractivity contribution in [2.75, 3.05) is 17.2 Å². The van der Waals surface area contributed by atoms with Crippen LogP contribution in [0.3, 0.4) is 0 Å². The Kier molecular flexibility index (Phi) is 4.54. The molecule has 0 fully saturated rings. The van der Waals surface area contributed by atoms with Gasteiger partial charge in [0.05, 0.1) is 0 Å². The summed E-state index contributed by atoms with van der Waals surface area (Å²) in [4.78, 5) is 23.6. The summed E-state index contributed by atoms with van der Waals surface area (Å²) in [6, 6.07) is 2.83. The van der Waals surface area contributed by atoms with Crippen molar-refractivity contribution in [1.29, 1.82) is 0 Å². The average Bonchev–Trinajstić information content (AvgIpc) is 2.39. The molecule has 22 heavy (non-hydrogen) atoms. The molecule has 0 aliphatic heterocycles. The van der Waals surface area contributed by atoms with E-state index < -0.39 is 0 Å². The Morgan fingerprint density at radius 2 is 1.91 bits per heavy atom. The van der Waals surface area contributed by atoms with Crippen LogP contribution in [-0.4, -0.2) is 37.2 Å². The summed E-state index contributed by atoms with van der Waals surface area (Å²) >= 11 is 0. The molecule has 0 bridgehead atoms. The van der Waals surface area contributed by atoms with Gasteiger partial charge in [0.25, 0.3) is 5.56 Å². The molecule has 9 heteroatoms. The minimum absolute atomic E-state index is 0.0808. The number of anilines is 2. The third-order valence-corrected chi connectivity index (χ3v) is 2.29. The smallest absolute Gasteiger partial charge is 0.330 e. The highest BCUT2D eigenvalue weighted by molar-refractivity contribution is 5.37. The maximum atomic E-state index is 11.0. The molecule has 0 radical (unpaired) electrons. The van der Waals surface area contributed by atoms with E-state index in [0.29, 0.717) is 18.4 Å². The highest BCUT2D eigenvalue weighted by Crippen LogP contribution is 2.18. The zero-order chi connectivity index (χ0) is 16.2. The zero-order valence-corrected chi connectivity index (χ0v) is 13.0. The molecule has 0 saturated carbocycles. The third-order valence-electron chi connectivity index (χ3n) is 2.29. The lowest BCUT2D eigenvalue weighted by Gasteiger charge is -2.20. The van der Waals surface area contributed by atoms with E-state index in [-0.39, 0.29) is 23.0 Å². The lowest BCUT2D eigenvalue weighted by atomic mass is 10.1. The molecular weight excluding hydrogens is 286 g/mol. The van der Waals surface area contributed by atoms with Crippen LogP contribution in [0.2, 0.25) is 0 Å². The number of nitrogens with one attached hydrogen (secondary N) is 3. The number of aromatic nitrogens is 5. The molecule has 0 unspecified atom stereocenters. The fourth-order valence-electron chi connectivity index (χ4n) is 1.51. The van der Waals surface area contributed by atoms with Crippen LogP contribution in [-0.2, 0) is 0 Å². The largest absolute Gasteiger partial charge is 0.403 e. The van der Waals surface area contributed by atoms with Gasteiger partial charge in [0.1, 0.15) is 0 Å². The van der Waals surface area contributed by atoms with Gasteiger partial charge in [-0.1, -0.05) is 0 Å². The van der Waals surface area contributed by atoms with Gasteiger partial charge in [-0.3, -0.25) is 4.79 Å². The predicted octanol–water partition coefficient (Wildman–Crippen LogP) is 1.39. The molecule has 2 heterocycles. The topological polar surface area (TPSA) is 118 Å². The van der Waals surface area contributed by atoms with Gasteiger partial charge in [-0.15, -0.1) is 5.10 Å². The number of nitrogens with zero attached hydrogens (tertiary/aromatic N) is 4. The lowest BCUT2D eigenvalue weighted by molar-refractivity contribution is 0.417. The van der Waals surface area contributed by atoms with E-state index in [1.807, 2.05) is 27.7 Å². The van der Waals surface area contributed by atoms with E-state index in [9.17, 15) is 4.79 Å². The molecule has 0 aliphatic carbocycles. The van der Waals surface area contributed by atoms with Crippen molar-refractivity contribution in [3.63, 3.8) is 0 Å². The summed E-state index contributed by atoms with van der Waals surface area (Å²) in [5.74, 6) is 0.969. The second kappa shape index (κ2) is 6.37. The van der Waals surface area contributed by atoms with E-state index in [0.717, 1.165) is 0 Å². The van der Waals surface area contributed by atoms with Gasteiger partial charge >= 0.3 is 6.01 Å². The number of ether oxygens (including phenoxy) is 1. The van der Waals surface area contributed by atoms with E-state index in [2.05, 4.69) is 35.8 Å². The van der Waals surface area contributed by atoms with E-state index >= 15 is 0 Å². The average molecular weight is 305 g/mol. The van der Waals surface area contributed by atoms with Crippen LogP contribution in [0.15, 0.2) is 16.9 Å². The van der Waals surface area contributed by atoms with E-state index in [1.54, 1.807) is 0 Å². The molecule has 3 N–H and O–H groups in total. The summed E-state index contributed by atoms with van der Waals surface area (Å²) in [7, 11) is 0. The molecule has 2 aromatic rings. The van der Waals surface area contributed by atoms with Crippen molar-refractivity contribution in [2.24, 2.45) is 0 Å². The summed E-state index contributed by atoms with van der Waals surface area (Å²) < 4.78 is 5.45. The Labute approximate surface area is 127 Å². The summed E-state index contributed by atoms with van der Waals surface area (Å²) in [6.07, 6.45) is 0. The third kappa shape index (κ3) is 4.69. The van der Waals surface area contributed by atoms with Crippen molar-refractivity contribution < 1.29 is 4.74 Å². The van der Waals surface area contributed by atoms with Crippen LogP contribution in [0.25, 0.3) is 0 Å². The van der Waals surface area contributed by atoms with Crippen LogP contribution in [0.5, 0.6) is 11.9 Å². The first-order chi connectivity index (χ1) is 10.4. The second-order valence-electron chi connectivity index (χ2n) is 5.53. The maximum Gasteiger partial charge on any atom is 0.330 e. The Morgan fingerprint density at radius 1 is 1.18 bits per heavy atom. The van der Waals surface area contributed by atoms with E-state index in [4.69, 9.17) is 4.74 Å². The molecule has 2 aromatic heterocycles. The fraction of sp³-hybridized carbons (Fsp3) is 0.462.